The Morgan fingerprint density at radius 1 is 1.38 bits per heavy atom. The van der Waals surface area contributed by atoms with Gasteiger partial charge < -0.3 is 11.1 Å². The van der Waals surface area contributed by atoms with E-state index in [0.717, 1.165) is 48.1 Å². The lowest BCUT2D eigenvalue weighted by atomic mass is 10.3. The minimum atomic E-state index is 0.351. The van der Waals surface area contributed by atoms with E-state index in [1.807, 2.05) is 0 Å². The predicted molar refractivity (Wildman–Crippen MR) is 90.0 cm³/mol. The zero-order valence-electron chi connectivity index (χ0n) is 12.7. The van der Waals surface area contributed by atoms with E-state index < -0.39 is 0 Å². The van der Waals surface area contributed by atoms with E-state index in [9.17, 15) is 0 Å². The lowest BCUT2D eigenvalue weighted by molar-refractivity contribution is 0.289. The van der Waals surface area contributed by atoms with Crippen molar-refractivity contribution in [2.24, 2.45) is 0 Å². The number of thiophene rings is 1. The molecule has 3 N–H and O–H groups in total. The van der Waals surface area contributed by atoms with Gasteiger partial charge in [0.1, 0.15) is 10.6 Å². The van der Waals surface area contributed by atoms with Gasteiger partial charge in [-0.3, -0.25) is 4.90 Å². The summed E-state index contributed by atoms with van der Waals surface area (Å²) in [4.78, 5) is 13.5. The molecule has 6 heteroatoms. The summed E-state index contributed by atoms with van der Waals surface area (Å²) >= 11 is 1.70. The highest BCUT2D eigenvalue weighted by Gasteiger charge is 2.27. The summed E-state index contributed by atoms with van der Waals surface area (Å²) in [5.74, 6) is 1.23. The number of nitrogen functional groups attached to an aromatic ring is 1. The average molecular weight is 305 g/mol. The van der Waals surface area contributed by atoms with Crippen molar-refractivity contribution in [3.8, 4) is 0 Å². The standard InChI is InChI=1S/C15H23N5S/c1-3-11-9-12-13(18-15(16)19-14(12)21-11)17-7-8-20(4-2)10-5-6-10/h9-10H,3-8H2,1-2H3,(H3,16,17,18,19). The van der Waals surface area contributed by atoms with E-state index in [1.54, 1.807) is 11.3 Å². The second-order valence-electron chi connectivity index (χ2n) is 5.50. The SMILES string of the molecule is CCc1cc2c(NCCN(CC)C3CC3)nc(N)nc2s1. The molecule has 0 amide bonds. The van der Waals surface area contributed by atoms with Crippen LogP contribution in [-0.4, -0.2) is 40.5 Å². The second kappa shape index (κ2) is 6.15. The summed E-state index contributed by atoms with van der Waals surface area (Å²) in [6.07, 6.45) is 3.72. The van der Waals surface area contributed by atoms with Crippen LogP contribution < -0.4 is 11.1 Å². The number of fused-ring (bicyclic) bond motifs is 1. The fourth-order valence-corrected chi connectivity index (χ4v) is 3.63. The maximum atomic E-state index is 5.83. The molecule has 0 atom stereocenters. The number of nitrogens with one attached hydrogen (secondary N) is 1. The molecule has 5 nitrogen and oxygen atoms in total. The maximum absolute atomic E-state index is 5.83. The molecule has 21 heavy (non-hydrogen) atoms. The molecule has 0 saturated heterocycles. The second-order valence-corrected chi connectivity index (χ2v) is 6.62. The van der Waals surface area contributed by atoms with E-state index in [2.05, 4.69) is 40.1 Å². The molecule has 0 bridgehead atoms. The number of hydrogen-bond donors (Lipinski definition) is 2. The molecule has 0 unspecified atom stereocenters. The van der Waals surface area contributed by atoms with Crippen molar-refractivity contribution in [3.05, 3.63) is 10.9 Å². The van der Waals surface area contributed by atoms with Crippen molar-refractivity contribution < 1.29 is 0 Å². The highest BCUT2D eigenvalue weighted by Crippen LogP contribution is 2.30. The zero-order chi connectivity index (χ0) is 14.8. The van der Waals surface area contributed by atoms with Crippen LogP contribution in [-0.2, 0) is 6.42 Å². The Balaban J connectivity index is 1.71. The first-order valence-electron chi connectivity index (χ1n) is 7.75. The quantitative estimate of drug-likeness (QED) is 0.823. The molecule has 1 saturated carbocycles. The van der Waals surface area contributed by atoms with Crippen LogP contribution in [0.4, 0.5) is 11.8 Å². The molecule has 0 aromatic carbocycles. The molecule has 0 aliphatic heterocycles. The van der Waals surface area contributed by atoms with Gasteiger partial charge in [-0.15, -0.1) is 11.3 Å². The van der Waals surface area contributed by atoms with Crippen LogP contribution in [0.5, 0.6) is 0 Å². The maximum Gasteiger partial charge on any atom is 0.223 e. The normalized spacial score (nSPS) is 15.0. The van der Waals surface area contributed by atoms with Crippen molar-refractivity contribution in [1.29, 1.82) is 0 Å². The lowest BCUT2D eigenvalue weighted by Crippen LogP contribution is -2.31. The first kappa shape index (κ1) is 14.5. The summed E-state index contributed by atoms with van der Waals surface area (Å²) in [6, 6.07) is 2.99. The Hall–Kier alpha value is -1.40. The van der Waals surface area contributed by atoms with Crippen LogP contribution in [0.3, 0.4) is 0 Å². The van der Waals surface area contributed by atoms with Crippen LogP contribution in [0.25, 0.3) is 10.2 Å². The van der Waals surface area contributed by atoms with Crippen molar-refractivity contribution in [2.45, 2.75) is 39.2 Å². The number of nitrogens with zero attached hydrogens (tertiary/aromatic N) is 3. The molecule has 2 heterocycles. The first-order chi connectivity index (χ1) is 10.2. The Bertz CT molecular complexity index is 620. The van der Waals surface area contributed by atoms with E-state index in [0.29, 0.717) is 5.95 Å². The Labute approximate surface area is 129 Å². The van der Waals surface area contributed by atoms with Gasteiger partial charge in [0.05, 0.1) is 5.39 Å². The number of aryl methyl sites for hydroxylation is 1. The Morgan fingerprint density at radius 3 is 2.86 bits per heavy atom. The van der Waals surface area contributed by atoms with Gasteiger partial charge in [0.15, 0.2) is 0 Å². The van der Waals surface area contributed by atoms with E-state index in [-0.39, 0.29) is 0 Å². The number of hydrogen-bond acceptors (Lipinski definition) is 6. The van der Waals surface area contributed by atoms with Gasteiger partial charge in [0, 0.05) is 24.0 Å². The summed E-state index contributed by atoms with van der Waals surface area (Å²) in [5.41, 5.74) is 5.83. The third-order valence-corrected chi connectivity index (χ3v) is 5.14. The van der Waals surface area contributed by atoms with Crippen LogP contribution in [0.15, 0.2) is 6.07 Å². The van der Waals surface area contributed by atoms with Gasteiger partial charge in [-0.05, 0) is 31.9 Å². The number of rotatable bonds is 7. The summed E-state index contributed by atoms with van der Waals surface area (Å²) in [5, 5.41) is 4.54. The fraction of sp³-hybridized carbons (Fsp3) is 0.600. The molecular weight excluding hydrogens is 282 g/mol. The summed E-state index contributed by atoms with van der Waals surface area (Å²) in [6.45, 7) is 7.45. The third-order valence-electron chi connectivity index (χ3n) is 3.97. The molecule has 114 valence electrons. The molecule has 1 aliphatic rings. The monoisotopic (exact) mass is 305 g/mol. The minimum absolute atomic E-state index is 0.351. The van der Waals surface area contributed by atoms with Gasteiger partial charge >= 0.3 is 0 Å². The van der Waals surface area contributed by atoms with Gasteiger partial charge in [0.2, 0.25) is 5.95 Å². The predicted octanol–water partition coefficient (Wildman–Crippen LogP) is 2.73. The largest absolute Gasteiger partial charge is 0.368 e. The van der Waals surface area contributed by atoms with Crippen molar-refractivity contribution >= 4 is 33.3 Å². The van der Waals surface area contributed by atoms with E-state index in [1.165, 1.54) is 17.7 Å². The van der Waals surface area contributed by atoms with Crippen LogP contribution in [0, 0.1) is 0 Å². The van der Waals surface area contributed by atoms with Crippen molar-refractivity contribution in [3.63, 3.8) is 0 Å². The van der Waals surface area contributed by atoms with E-state index in [4.69, 9.17) is 5.73 Å². The summed E-state index contributed by atoms with van der Waals surface area (Å²) < 4.78 is 0. The number of likely N-dealkylation sites (N-methyl/N-ethyl adjacent to an activating group) is 1. The minimum Gasteiger partial charge on any atom is -0.368 e. The smallest absolute Gasteiger partial charge is 0.223 e. The van der Waals surface area contributed by atoms with Gasteiger partial charge in [0.25, 0.3) is 0 Å². The van der Waals surface area contributed by atoms with Crippen molar-refractivity contribution in [1.82, 2.24) is 14.9 Å². The highest BCUT2D eigenvalue weighted by atomic mass is 32.1. The van der Waals surface area contributed by atoms with Crippen LogP contribution in [0.1, 0.15) is 31.6 Å². The molecule has 0 radical (unpaired) electrons. The number of anilines is 2. The lowest BCUT2D eigenvalue weighted by Gasteiger charge is -2.20. The highest BCUT2D eigenvalue weighted by molar-refractivity contribution is 7.18. The van der Waals surface area contributed by atoms with Gasteiger partial charge in [-0.25, -0.2) is 4.98 Å². The summed E-state index contributed by atoms with van der Waals surface area (Å²) in [7, 11) is 0. The number of aromatic nitrogens is 2. The Kier molecular flexibility index (Phi) is 4.26. The molecule has 1 aliphatic carbocycles. The van der Waals surface area contributed by atoms with Crippen molar-refractivity contribution in [2.75, 3.05) is 30.7 Å². The van der Waals surface area contributed by atoms with Crippen LogP contribution in [0.2, 0.25) is 0 Å². The average Bonchev–Trinajstić information content (AvgIpc) is 3.22. The molecule has 0 spiro atoms. The fourth-order valence-electron chi connectivity index (χ4n) is 2.65. The first-order valence-corrected chi connectivity index (χ1v) is 8.56. The molecule has 3 rings (SSSR count). The Morgan fingerprint density at radius 2 is 2.19 bits per heavy atom. The number of nitrogens with two attached hydrogens (primary N) is 1. The molecular formula is C15H23N5S. The van der Waals surface area contributed by atoms with E-state index >= 15 is 0 Å². The molecule has 2 aromatic rings. The molecule has 1 fully saturated rings. The molecule has 2 aromatic heterocycles. The topological polar surface area (TPSA) is 67.1 Å². The third kappa shape index (κ3) is 3.27. The van der Waals surface area contributed by atoms with Crippen LogP contribution >= 0.6 is 11.3 Å². The zero-order valence-corrected chi connectivity index (χ0v) is 13.5. The van der Waals surface area contributed by atoms with Gasteiger partial charge in [-0.1, -0.05) is 13.8 Å². The van der Waals surface area contributed by atoms with Gasteiger partial charge in [-0.2, -0.15) is 4.98 Å².